The lowest BCUT2D eigenvalue weighted by atomic mass is 10.1. The number of hydrogen-bond acceptors (Lipinski definition) is 2. The zero-order valence-corrected chi connectivity index (χ0v) is 12.6. The molecule has 20 heavy (non-hydrogen) atoms. The third-order valence-electron chi connectivity index (χ3n) is 3.13. The van der Waals surface area contributed by atoms with Crippen LogP contribution < -0.4 is 5.73 Å². The van der Waals surface area contributed by atoms with Crippen molar-refractivity contribution < 1.29 is 0 Å². The average molecular weight is 328 g/mol. The molecule has 0 aliphatic heterocycles. The highest BCUT2D eigenvalue weighted by atomic mass is 79.9. The number of aryl methyl sites for hydroxylation is 1. The topological polar surface area (TPSA) is 43.8 Å². The molecule has 3 nitrogen and oxygen atoms in total. The maximum Gasteiger partial charge on any atom is 0.127 e. The number of halogens is 1. The lowest BCUT2D eigenvalue weighted by Crippen LogP contribution is -2.01. The van der Waals surface area contributed by atoms with Crippen LogP contribution in [0.15, 0.2) is 59.1 Å². The number of hydrogen-bond donors (Lipinski definition) is 1. The number of nitrogens with zero attached hydrogens (tertiary/aromatic N) is 2. The van der Waals surface area contributed by atoms with Gasteiger partial charge in [0.2, 0.25) is 0 Å². The molecule has 2 N–H and O–H groups in total. The molecule has 0 spiro atoms. The van der Waals surface area contributed by atoms with E-state index in [9.17, 15) is 0 Å². The molecule has 0 fully saturated rings. The smallest absolute Gasteiger partial charge is 0.127 e. The highest BCUT2D eigenvalue weighted by molar-refractivity contribution is 9.10. The van der Waals surface area contributed by atoms with Gasteiger partial charge < -0.3 is 5.73 Å². The third-order valence-corrected chi connectivity index (χ3v) is 3.82. The molecule has 0 aliphatic rings. The molecule has 2 aromatic carbocycles. The van der Waals surface area contributed by atoms with E-state index < -0.39 is 0 Å². The van der Waals surface area contributed by atoms with Crippen LogP contribution in [0.25, 0.3) is 16.9 Å². The quantitative estimate of drug-likeness (QED) is 0.766. The molecule has 0 saturated heterocycles. The molecular weight excluding hydrogens is 314 g/mol. The van der Waals surface area contributed by atoms with Crippen molar-refractivity contribution in [2.45, 2.75) is 6.92 Å². The van der Waals surface area contributed by atoms with Crippen LogP contribution in [0, 0.1) is 6.92 Å². The lowest BCUT2D eigenvalue weighted by molar-refractivity contribution is 0.893. The van der Waals surface area contributed by atoms with E-state index in [-0.39, 0.29) is 0 Å². The van der Waals surface area contributed by atoms with Gasteiger partial charge in [0.05, 0.1) is 11.4 Å². The first-order chi connectivity index (χ1) is 9.65. The fraction of sp³-hybridized carbons (Fsp3) is 0.0625. The molecule has 4 heteroatoms. The summed E-state index contributed by atoms with van der Waals surface area (Å²) in [6, 6.07) is 18.0. The van der Waals surface area contributed by atoms with Crippen molar-refractivity contribution in [1.82, 2.24) is 9.78 Å². The first-order valence-corrected chi connectivity index (χ1v) is 7.12. The Labute approximate surface area is 126 Å². The molecule has 0 atom stereocenters. The van der Waals surface area contributed by atoms with Crippen molar-refractivity contribution in [3.05, 3.63) is 64.6 Å². The van der Waals surface area contributed by atoms with Gasteiger partial charge in [-0.15, -0.1) is 0 Å². The summed E-state index contributed by atoms with van der Waals surface area (Å²) in [5.74, 6) is 0.626. The SMILES string of the molecule is Cc1cccc(-n2nc(-c3ccccc3Br)cc2N)c1. The first kappa shape index (κ1) is 12.9. The average Bonchev–Trinajstić information content (AvgIpc) is 2.81. The molecule has 0 aliphatic carbocycles. The van der Waals surface area contributed by atoms with E-state index in [0.29, 0.717) is 5.82 Å². The summed E-state index contributed by atoms with van der Waals surface area (Å²) in [4.78, 5) is 0. The van der Waals surface area contributed by atoms with Crippen molar-refractivity contribution in [1.29, 1.82) is 0 Å². The Balaban J connectivity index is 2.10. The maximum absolute atomic E-state index is 6.10. The molecule has 0 bridgehead atoms. The number of nitrogens with two attached hydrogens (primary N) is 1. The summed E-state index contributed by atoms with van der Waals surface area (Å²) in [5.41, 5.74) is 10.1. The minimum Gasteiger partial charge on any atom is -0.384 e. The number of anilines is 1. The number of benzene rings is 2. The number of rotatable bonds is 2. The van der Waals surface area contributed by atoms with E-state index in [1.165, 1.54) is 5.56 Å². The van der Waals surface area contributed by atoms with Gasteiger partial charge in [0.1, 0.15) is 5.82 Å². The minimum atomic E-state index is 0.626. The number of nitrogen functional groups attached to an aromatic ring is 1. The highest BCUT2D eigenvalue weighted by Gasteiger charge is 2.10. The molecule has 1 heterocycles. The van der Waals surface area contributed by atoms with Crippen LogP contribution in [0.4, 0.5) is 5.82 Å². The van der Waals surface area contributed by atoms with E-state index in [1.807, 2.05) is 42.5 Å². The lowest BCUT2D eigenvalue weighted by Gasteiger charge is -2.04. The molecule has 1 aromatic heterocycles. The Hall–Kier alpha value is -2.07. The fourth-order valence-corrected chi connectivity index (χ4v) is 2.65. The van der Waals surface area contributed by atoms with E-state index >= 15 is 0 Å². The van der Waals surface area contributed by atoms with E-state index in [1.54, 1.807) is 4.68 Å². The summed E-state index contributed by atoms with van der Waals surface area (Å²) >= 11 is 3.54. The Kier molecular flexibility index (Phi) is 3.32. The van der Waals surface area contributed by atoms with Gasteiger partial charge in [-0.25, -0.2) is 4.68 Å². The normalized spacial score (nSPS) is 10.7. The maximum atomic E-state index is 6.10. The fourth-order valence-electron chi connectivity index (χ4n) is 2.16. The van der Waals surface area contributed by atoms with Crippen molar-refractivity contribution in [2.75, 3.05) is 5.73 Å². The molecule has 100 valence electrons. The molecular formula is C16H14BrN3. The predicted molar refractivity (Wildman–Crippen MR) is 85.8 cm³/mol. The summed E-state index contributed by atoms with van der Waals surface area (Å²) in [6.07, 6.45) is 0. The largest absolute Gasteiger partial charge is 0.384 e. The molecule has 3 aromatic rings. The van der Waals surface area contributed by atoms with E-state index in [0.717, 1.165) is 21.4 Å². The minimum absolute atomic E-state index is 0.626. The van der Waals surface area contributed by atoms with Gasteiger partial charge in [0, 0.05) is 16.1 Å². The number of aromatic nitrogens is 2. The second-order valence-electron chi connectivity index (χ2n) is 4.69. The first-order valence-electron chi connectivity index (χ1n) is 6.32. The Morgan fingerprint density at radius 2 is 1.85 bits per heavy atom. The van der Waals surface area contributed by atoms with Gasteiger partial charge in [-0.3, -0.25) is 0 Å². The van der Waals surface area contributed by atoms with Crippen molar-refractivity contribution >= 4 is 21.7 Å². The molecule has 0 unspecified atom stereocenters. The standard InChI is InChI=1S/C16H14BrN3/c1-11-5-4-6-12(9-11)20-16(18)10-15(19-20)13-7-2-3-8-14(13)17/h2-10H,18H2,1H3. The third kappa shape index (κ3) is 2.34. The molecule has 3 rings (SSSR count). The molecule has 0 radical (unpaired) electrons. The van der Waals surface area contributed by atoms with Crippen LogP contribution in [0.5, 0.6) is 0 Å². The predicted octanol–water partition coefficient (Wildman–Crippen LogP) is 4.19. The van der Waals surface area contributed by atoms with E-state index in [4.69, 9.17) is 5.73 Å². The second-order valence-corrected chi connectivity index (χ2v) is 5.54. The monoisotopic (exact) mass is 327 g/mol. The summed E-state index contributed by atoms with van der Waals surface area (Å²) in [7, 11) is 0. The van der Waals surface area contributed by atoms with Gasteiger partial charge in [0.25, 0.3) is 0 Å². The van der Waals surface area contributed by atoms with Crippen molar-refractivity contribution in [3.63, 3.8) is 0 Å². The van der Waals surface area contributed by atoms with Gasteiger partial charge in [-0.1, -0.05) is 46.3 Å². The Bertz CT molecular complexity index is 762. The van der Waals surface area contributed by atoms with Crippen LogP contribution in [0.1, 0.15) is 5.56 Å². The van der Waals surface area contributed by atoms with Gasteiger partial charge in [0.15, 0.2) is 0 Å². The van der Waals surface area contributed by atoms with Crippen molar-refractivity contribution in [3.8, 4) is 16.9 Å². The zero-order chi connectivity index (χ0) is 14.1. The van der Waals surface area contributed by atoms with Crippen LogP contribution in [-0.2, 0) is 0 Å². The van der Waals surface area contributed by atoms with Crippen LogP contribution >= 0.6 is 15.9 Å². The molecule has 0 saturated carbocycles. The van der Waals surface area contributed by atoms with Crippen LogP contribution in [-0.4, -0.2) is 9.78 Å². The van der Waals surface area contributed by atoms with Crippen LogP contribution in [0.3, 0.4) is 0 Å². The van der Waals surface area contributed by atoms with Crippen molar-refractivity contribution in [2.24, 2.45) is 0 Å². The summed E-state index contributed by atoms with van der Waals surface area (Å²) < 4.78 is 2.77. The van der Waals surface area contributed by atoms with Crippen LogP contribution in [0.2, 0.25) is 0 Å². The zero-order valence-electron chi connectivity index (χ0n) is 11.0. The highest BCUT2D eigenvalue weighted by Crippen LogP contribution is 2.29. The van der Waals surface area contributed by atoms with Gasteiger partial charge >= 0.3 is 0 Å². The Morgan fingerprint density at radius 1 is 1.05 bits per heavy atom. The summed E-state index contributed by atoms with van der Waals surface area (Å²) in [6.45, 7) is 2.05. The summed E-state index contributed by atoms with van der Waals surface area (Å²) in [5, 5.41) is 4.61. The second kappa shape index (κ2) is 5.13. The van der Waals surface area contributed by atoms with E-state index in [2.05, 4.69) is 40.1 Å². The Morgan fingerprint density at radius 3 is 2.60 bits per heavy atom. The molecule has 0 amide bonds. The van der Waals surface area contributed by atoms with Gasteiger partial charge in [-0.05, 0) is 30.7 Å². The van der Waals surface area contributed by atoms with Gasteiger partial charge in [-0.2, -0.15) is 5.10 Å².